The summed E-state index contributed by atoms with van der Waals surface area (Å²) in [5.74, 6) is -2.29. The highest BCUT2D eigenvalue weighted by molar-refractivity contribution is 6.31. The molecule has 0 radical (unpaired) electrons. The van der Waals surface area contributed by atoms with Crippen molar-refractivity contribution in [2.45, 2.75) is 52.0 Å². The molecule has 0 bridgehead atoms. The summed E-state index contributed by atoms with van der Waals surface area (Å²) in [5, 5.41) is 10.9. The highest BCUT2D eigenvalue weighted by Crippen LogP contribution is 2.06. The van der Waals surface area contributed by atoms with Crippen LogP contribution in [0.15, 0.2) is 0 Å². The summed E-state index contributed by atoms with van der Waals surface area (Å²) in [6.07, 6.45) is 4.74. The zero-order valence-corrected chi connectivity index (χ0v) is 8.88. The van der Waals surface area contributed by atoms with E-state index in [0.717, 1.165) is 32.1 Å². The molecule has 0 heterocycles. The first-order valence-electron chi connectivity index (χ1n) is 5.15. The number of carbonyl (C=O) groups is 2. The predicted molar refractivity (Wildman–Crippen MR) is 54.0 cm³/mol. The second kappa shape index (κ2) is 7.35. The molecule has 82 valence electrons. The van der Waals surface area contributed by atoms with Crippen LogP contribution in [0.1, 0.15) is 46.0 Å². The Morgan fingerprint density at radius 3 is 2.29 bits per heavy atom. The Bertz CT molecular complexity index is 192. The largest absolute Gasteiger partial charge is 0.474 e. The lowest BCUT2D eigenvalue weighted by atomic mass is 10.1. The van der Waals surface area contributed by atoms with Crippen molar-refractivity contribution in [3.05, 3.63) is 0 Å². The van der Waals surface area contributed by atoms with Gasteiger partial charge in [0, 0.05) is 6.04 Å². The summed E-state index contributed by atoms with van der Waals surface area (Å²) in [6.45, 7) is 4.09. The smallest absolute Gasteiger partial charge is 0.394 e. The first kappa shape index (κ1) is 12.9. The molecule has 0 aliphatic rings. The van der Waals surface area contributed by atoms with Crippen LogP contribution in [0.2, 0.25) is 0 Å². The van der Waals surface area contributed by atoms with Crippen molar-refractivity contribution in [2.24, 2.45) is 0 Å². The minimum atomic E-state index is -1.40. The molecule has 1 unspecified atom stereocenters. The number of carbonyl (C=O) groups excluding carboxylic acids is 1. The number of hydrogen-bond donors (Lipinski definition) is 2. The lowest BCUT2D eigenvalue weighted by Gasteiger charge is -2.16. The fourth-order valence-electron chi connectivity index (χ4n) is 1.33. The van der Waals surface area contributed by atoms with Gasteiger partial charge in [0.2, 0.25) is 0 Å². The molecule has 0 aliphatic carbocycles. The van der Waals surface area contributed by atoms with Crippen LogP contribution < -0.4 is 5.32 Å². The molecule has 4 heteroatoms. The maximum Gasteiger partial charge on any atom is 0.394 e. The highest BCUT2D eigenvalue weighted by Gasteiger charge is 2.16. The number of nitrogens with one attached hydrogen (secondary N) is 1. The van der Waals surface area contributed by atoms with Crippen LogP contribution in [-0.2, 0) is 9.59 Å². The standard InChI is InChI=1S/C10H19NO3/c1-3-5-7-8(6-4-2)11-9(12)10(13)14/h8H,3-7H2,1-2H3,(H,11,12)(H,13,14). The Balaban J connectivity index is 3.94. The van der Waals surface area contributed by atoms with Gasteiger partial charge in [0.05, 0.1) is 0 Å². The third-order valence-corrected chi connectivity index (χ3v) is 2.07. The summed E-state index contributed by atoms with van der Waals surface area (Å²) in [7, 11) is 0. The van der Waals surface area contributed by atoms with E-state index in [1.165, 1.54) is 0 Å². The molecule has 2 N–H and O–H groups in total. The monoisotopic (exact) mass is 201 g/mol. The molecular formula is C10H19NO3. The first-order chi connectivity index (χ1) is 6.61. The molecule has 0 aromatic heterocycles. The Kier molecular flexibility index (Phi) is 6.80. The zero-order chi connectivity index (χ0) is 11.0. The fraction of sp³-hybridized carbons (Fsp3) is 0.800. The van der Waals surface area contributed by atoms with Crippen LogP contribution in [0, 0.1) is 0 Å². The second-order valence-electron chi connectivity index (χ2n) is 3.41. The second-order valence-corrected chi connectivity index (χ2v) is 3.41. The van der Waals surface area contributed by atoms with Crippen LogP contribution in [0.3, 0.4) is 0 Å². The minimum absolute atomic E-state index is 0.0172. The zero-order valence-electron chi connectivity index (χ0n) is 8.88. The molecular weight excluding hydrogens is 182 g/mol. The number of unbranched alkanes of at least 4 members (excludes halogenated alkanes) is 1. The van der Waals surface area contributed by atoms with Crippen molar-refractivity contribution in [1.82, 2.24) is 5.32 Å². The van der Waals surface area contributed by atoms with E-state index in [2.05, 4.69) is 12.2 Å². The topological polar surface area (TPSA) is 66.4 Å². The molecule has 0 saturated carbocycles. The highest BCUT2D eigenvalue weighted by atomic mass is 16.4. The van der Waals surface area contributed by atoms with Crippen molar-refractivity contribution in [2.75, 3.05) is 0 Å². The molecule has 0 fully saturated rings. The van der Waals surface area contributed by atoms with Gasteiger partial charge in [-0.05, 0) is 12.8 Å². The van der Waals surface area contributed by atoms with E-state index in [-0.39, 0.29) is 6.04 Å². The van der Waals surface area contributed by atoms with E-state index in [9.17, 15) is 9.59 Å². The van der Waals surface area contributed by atoms with E-state index in [4.69, 9.17) is 5.11 Å². The third-order valence-electron chi connectivity index (χ3n) is 2.07. The van der Waals surface area contributed by atoms with Gasteiger partial charge in [-0.15, -0.1) is 0 Å². The average molecular weight is 201 g/mol. The van der Waals surface area contributed by atoms with Gasteiger partial charge >= 0.3 is 11.9 Å². The molecule has 0 saturated heterocycles. The van der Waals surface area contributed by atoms with Gasteiger partial charge in [-0.3, -0.25) is 4.79 Å². The molecule has 1 amide bonds. The van der Waals surface area contributed by atoms with Crippen molar-refractivity contribution in [3.8, 4) is 0 Å². The first-order valence-corrected chi connectivity index (χ1v) is 5.15. The van der Waals surface area contributed by atoms with Crippen LogP contribution in [0.4, 0.5) is 0 Å². The number of rotatable bonds is 6. The maximum atomic E-state index is 10.9. The van der Waals surface area contributed by atoms with Gasteiger partial charge in [0.1, 0.15) is 0 Å². The molecule has 0 aliphatic heterocycles. The number of carboxylic acid groups (broad SMARTS) is 1. The summed E-state index contributed by atoms with van der Waals surface area (Å²) in [4.78, 5) is 21.2. The van der Waals surface area contributed by atoms with Gasteiger partial charge in [0.15, 0.2) is 0 Å². The summed E-state index contributed by atoms with van der Waals surface area (Å²) in [5.41, 5.74) is 0. The van der Waals surface area contributed by atoms with E-state index < -0.39 is 11.9 Å². The summed E-state index contributed by atoms with van der Waals surface area (Å²) in [6, 6.07) is 0.0172. The predicted octanol–water partition coefficient (Wildman–Crippen LogP) is 1.55. The van der Waals surface area contributed by atoms with E-state index in [0.29, 0.717) is 0 Å². The van der Waals surface area contributed by atoms with Crippen molar-refractivity contribution < 1.29 is 14.7 Å². The molecule has 14 heavy (non-hydrogen) atoms. The number of amides is 1. The van der Waals surface area contributed by atoms with Crippen molar-refractivity contribution in [3.63, 3.8) is 0 Å². The number of aliphatic carboxylic acids is 1. The van der Waals surface area contributed by atoms with E-state index in [1.807, 2.05) is 6.92 Å². The molecule has 0 aromatic rings. The van der Waals surface area contributed by atoms with Gasteiger partial charge in [-0.2, -0.15) is 0 Å². The van der Waals surface area contributed by atoms with E-state index in [1.54, 1.807) is 0 Å². The van der Waals surface area contributed by atoms with Crippen LogP contribution in [-0.4, -0.2) is 23.0 Å². The van der Waals surface area contributed by atoms with Crippen molar-refractivity contribution in [1.29, 1.82) is 0 Å². The SMILES string of the molecule is CCCCC(CCC)NC(=O)C(=O)O. The van der Waals surface area contributed by atoms with Crippen LogP contribution in [0.5, 0.6) is 0 Å². The minimum Gasteiger partial charge on any atom is -0.474 e. The number of hydrogen-bond acceptors (Lipinski definition) is 2. The van der Waals surface area contributed by atoms with Crippen molar-refractivity contribution >= 4 is 11.9 Å². The summed E-state index contributed by atoms with van der Waals surface area (Å²) >= 11 is 0. The average Bonchev–Trinajstić information content (AvgIpc) is 2.14. The van der Waals surface area contributed by atoms with Gasteiger partial charge in [-0.1, -0.05) is 33.1 Å². The van der Waals surface area contributed by atoms with Crippen LogP contribution in [0.25, 0.3) is 0 Å². The fourth-order valence-corrected chi connectivity index (χ4v) is 1.33. The molecule has 4 nitrogen and oxygen atoms in total. The Morgan fingerprint density at radius 2 is 1.86 bits per heavy atom. The molecule has 0 rings (SSSR count). The van der Waals surface area contributed by atoms with Gasteiger partial charge in [0.25, 0.3) is 0 Å². The number of carboxylic acids is 1. The third kappa shape index (κ3) is 5.56. The van der Waals surface area contributed by atoms with Crippen LogP contribution >= 0.6 is 0 Å². The Morgan fingerprint density at radius 1 is 1.21 bits per heavy atom. The molecule has 0 spiro atoms. The van der Waals surface area contributed by atoms with Gasteiger partial charge < -0.3 is 10.4 Å². The lowest BCUT2D eigenvalue weighted by Crippen LogP contribution is -2.39. The van der Waals surface area contributed by atoms with Gasteiger partial charge in [-0.25, -0.2) is 4.79 Å². The maximum absolute atomic E-state index is 10.9. The quantitative estimate of drug-likeness (QED) is 0.641. The Hall–Kier alpha value is -1.06. The lowest BCUT2D eigenvalue weighted by molar-refractivity contribution is -0.150. The molecule has 0 aromatic carbocycles. The summed E-state index contributed by atoms with van der Waals surface area (Å²) < 4.78 is 0. The normalized spacial score (nSPS) is 12.1. The molecule has 1 atom stereocenters. The Labute approximate surface area is 84.7 Å². The van der Waals surface area contributed by atoms with E-state index >= 15 is 0 Å².